The van der Waals surface area contributed by atoms with Crippen LogP contribution in [0.2, 0.25) is 0 Å². The summed E-state index contributed by atoms with van der Waals surface area (Å²) >= 11 is 0. The van der Waals surface area contributed by atoms with Crippen molar-refractivity contribution >= 4 is 11.9 Å². The van der Waals surface area contributed by atoms with Crippen molar-refractivity contribution in [2.45, 2.75) is 57.1 Å². The largest absolute Gasteiger partial charge is 0.445 e. The van der Waals surface area contributed by atoms with Crippen LogP contribution in [0.15, 0.2) is 54.6 Å². The van der Waals surface area contributed by atoms with E-state index in [0.717, 1.165) is 30.4 Å². The molecule has 0 radical (unpaired) electrons. The molecular formula is C26H31NO5. The van der Waals surface area contributed by atoms with E-state index >= 15 is 0 Å². The number of hydrogen-bond acceptors (Lipinski definition) is 5. The highest BCUT2D eigenvalue weighted by molar-refractivity contribution is 5.99. The Bertz CT molecular complexity index is 913. The number of Topliss-reactive ketones (excluding diaryl/α,β-unsaturated/α-hetero) is 1. The first-order valence-electron chi connectivity index (χ1n) is 11.3. The summed E-state index contributed by atoms with van der Waals surface area (Å²) in [5, 5.41) is 0. The Kier molecular flexibility index (Phi) is 7.22. The van der Waals surface area contributed by atoms with Gasteiger partial charge in [0, 0.05) is 43.3 Å². The third-order valence-corrected chi connectivity index (χ3v) is 6.67. The van der Waals surface area contributed by atoms with E-state index in [-0.39, 0.29) is 36.5 Å². The third kappa shape index (κ3) is 4.71. The van der Waals surface area contributed by atoms with E-state index in [9.17, 15) is 9.59 Å². The van der Waals surface area contributed by atoms with E-state index in [4.69, 9.17) is 14.2 Å². The maximum atomic E-state index is 13.5. The zero-order valence-electron chi connectivity index (χ0n) is 18.7. The first-order chi connectivity index (χ1) is 15.6. The summed E-state index contributed by atoms with van der Waals surface area (Å²) in [6.45, 7) is 0.265. The second-order valence-corrected chi connectivity index (χ2v) is 8.61. The van der Waals surface area contributed by atoms with Crippen molar-refractivity contribution in [1.29, 1.82) is 0 Å². The van der Waals surface area contributed by atoms with E-state index < -0.39 is 6.29 Å². The van der Waals surface area contributed by atoms with E-state index in [0.29, 0.717) is 18.4 Å². The smallest absolute Gasteiger partial charge is 0.410 e. The van der Waals surface area contributed by atoms with Gasteiger partial charge < -0.3 is 19.1 Å². The number of rotatable bonds is 7. The van der Waals surface area contributed by atoms with Crippen LogP contribution in [-0.4, -0.2) is 43.1 Å². The molecule has 0 N–H and O–H groups in total. The first-order valence-corrected chi connectivity index (χ1v) is 11.3. The van der Waals surface area contributed by atoms with Gasteiger partial charge in [-0.1, -0.05) is 54.6 Å². The fourth-order valence-corrected chi connectivity index (χ4v) is 5.18. The minimum Gasteiger partial charge on any atom is -0.445 e. The van der Waals surface area contributed by atoms with Crippen molar-refractivity contribution in [3.63, 3.8) is 0 Å². The molecule has 2 aromatic carbocycles. The van der Waals surface area contributed by atoms with E-state index in [1.54, 1.807) is 14.2 Å². The molecule has 2 fully saturated rings. The van der Waals surface area contributed by atoms with E-state index in [1.807, 2.05) is 59.5 Å². The first kappa shape index (κ1) is 22.5. The Morgan fingerprint density at radius 2 is 1.56 bits per heavy atom. The summed E-state index contributed by atoms with van der Waals surface area (Å²) in [6.07, 6.45) is 3.35. The topological polar surface area (TPSA) is 65.1 Å². The van der Waals surface area contributed by atoms with Gasteiger partial charge >= 0.3 is 6.09 Å². The van der Waals surface area contributed by atoms with Gasteiger partial charge in [0.25, 0.3) is 0 Å². The predicted octanol–water partition coefficient (Wildman–Crippen LogP) is 5.13. The fraction of sp³-hybridized carbons (Fsp3) is 0.462. The number of ether oxygens (including phenoxy) is 3. The molecule has 6 heteroatoms. The van der Waals surface area contributed by atoms with Crippen LogP contribution in [0.1, 0.15) is 59.9 Å². The molecule has 0 aliphatic carbocycles. The molecule has 6 nitrogen and oxygen atoms in total. The van der Waals surface area contributed by atoms with Crippen LogP contribution in [0.3, 0.4) is 0 Å². The van der Waals surface area contributed by atoms with Gasteiger partial charge in [0.05, 0.1) is 0 Å². The Morgan fingerprint density at radius 3 is 2.22 bits per heavy atom. The average molecular weight is 438 g/mol. The summed E-state index contributed by atoms with van der Waals surface area (Å²) in [6, 6.07) is 17.3. The Morgan fingerprint density at radius 1 is 0.938 bits per heavy atom. The summed E-state index contributed by atoms with van der Waals surface area (Å²) < 4.78 is 16.4. The highest BCUT2D eigenvalue weighted by Crippen LogP contribution is 2.39. The molecule has 2 unspecified atom stereocenters. The minimum absolute atomic E-state index is 0.0348. The lowest BCUT2D eigenvalue weighted by Crippen LogP contribution is -2.55. The molecule has 2 aliphatic heterocycles. The lowest BCUT2D eigenvalue weighted by molar-refractivity contribution is -0.106. The van der Waals surface area contributed by atoms with Crippen molar-refractivity contribution in [1.82, 2.24) is 4.90 Å². The minimum atomic E-state index is -0.581. The van der Waals surface area contributed by atoms with Crippen LogP contribution in [0.5, 0.6) is 0 Å². The molecule has 2 aliphatic rings. The second-order valence-electron chi connectivity index (χ2n) is 8.61. The Balaban J connectivity index is 1.47. The number of benzene rings is 2. The van der Waals surface area contributed by atoms with Crippen LogP contribution in [0.25, 0.3) is 0 Å². The lowest BCUT2D eigenvalue weighted by Gasteiger charge is -2.47. The number of carbonyl (C=O) groups is 2. The molecule has 0 saturated carbocycles. The van der Waals surface area contributed by atoms with Crippen molar-refractivity contribution in [2.24, 2.45) is 5.92 Å². The highest BCUT2D eigenvalue weighted by Gasteiger charge is 2.44. The van der Waals surface area contributed by atoms with Crippen molar-refractivity contribution in [3.05, 3.63) is 71.3 Å². The van der Waals surface area contributed by atoms with Gasteiger partial charge in [0.15, 0.2) is 12.1 Å². The number of hydrogen-bond donors (Lipinski definition) is 0. The quantitative estimate of drug-likeness (QED) is 0.444. The summed E-state index contributed by atoms with van der Waals surface area (Å²) in [5.74, 6) is -0.0205. The van der Waals surface area contributed by atoms with Crippen molar-refractivity contribution < 1.29 is 23.8 Å². The van der Waals surface area contributed by atoms with Crippen molar-refractivity contribution in [2.75, 3.05) is 14.2 Å². The maximum Gasteiger partial charge on any atom is 0.410 e. The Labute approximate surface area is 189 Å². The standard InChI is InChI=1S/C26H31NO5/c1-30-25(31-2)23-14-7-6-13-22(23)24(28)19-15-20-11-8-12-21(16-19)27(20)26(29)32-17-18-9-4-3-5-10-18/h3-7,9-10,13-14,19-21,25H,8,11-12,15-17H2,1-2H3. The number of ketones is 1. The molecule has 170 valence electrons. The fourth-order valence-electron chi connectivity index (χ4n) is 5.18. The van der Waals surface area contributed by atoms with Gasteiger partial charge in [-0.3, -0.25) is 4.79 Å². The summed E-state index contributed by atoms with van der Waals surface area (Å²) in [4.78, 5) is 28.4. The molecule has 32 heavy (non-hydrogen) atoms. The number of nitrogens with zero attached hydrogens (tertiary/aromatic N) is 1. The molecule has 4 rings (SSSR count). The van der Waals surface area contributed by atoms with Gasteiger partial charge in [0.1, 0.15) is 6.61 Å². The number of carbonyl (C=O) groups excluding carboxylic acids is 2. The third-order valence-electron chi connectivity index (χ3n) is 6.67. The molecule has 2 atom stereocenters. The molecule has 0 aromatic heterocycles. The zero-order chi connectivity index (χ0) is 22.5. The monoisotopic (exact) mass is 437 g/mol. The van der Waals surface area contributed by atoms with Gasteiger partial charge in [-0.15, -0.1) is 0 Å². The maximum absolute atomic E-state index is 13.5. The molecular weight excluding hydrogens is 406 g/mol. The number of fused-ring (bicyclic) bond motifs is 2. The number of methoxy groups -OCH3 is 2. The van der Waals surface area contributed by atoms with Crippen LogP contribution < -0.4 is 0 Å². The average Bonchev–Trinajstić information content (AvgIpc) is 2.83. The number of piperidine rings is 2. The van der Waals surface area contributed by atoms with Crippen molar-refractivity contribution in [3.8, 4) is 0 Å². The van der Waals surface area contributed by atoms with Gasteiger partial charge in [-0.05, 0) is 37.7 Å². The molecule has 2 bridgehead atoms. The number of amides is 1. The highest BCUT2D eigenvalue weighted by atomic mass is 16.7. The molecule has 2 heterocycles. The summed E-state index contributed by atoms with van der Waals surface area (Å²) in [7, 11) is 3.14. The molecule has 2 aromatic rings. The molecule has 0 spiro atoms. The van der Waals surface area contributed by atoms with Crippen LogP contribution in [0.4, 0.5) is 4.79 Å². The van der Waals surface area contributed by atoms with Crippen LogP contribution in [-0.2, 0) is 20.8 Å². The van der Waals surface area contributed by atoms with E-state index in [1.165, 1.54) is 0 Å². The van der Waals surface area contributed by atoms with Gasteiger partial charge in [0.2, 0.25) is 0 Å². The Hall–Kier alpha value is -2.70. The zero-order valence-corrected chi connectivity index (χ0v) is 18.7. The normalized spacial score (nSPS) is 22.6. The van der Waals surface area contributed by atoms with Gasteiger partial charge in [-0.25, -0.2) is 4.79 Å². The predicted molar refractivity (Wildman–Crippen MR) is 120 cm³/mol. The van der Waals surface area contributed by atoms with Gasteiger partial charge in [-0.2, -0.15) is 0 Å². The van der Waals surface area contributed by atoms with Crippen LogP contribution in [0, 0.1) is 5.92 Å². The van der Waals surface area contributed by atoms with E-state index in [2.05, 4.69) is 0 Å². The lowest BCUT2D eigenvalue weighted by atomic mass is 9.75. The summed E-state index contributed by atoms with van der Waals surface area (Å²) in [5.41, 5.74) is 2.36. The second kappa shape index (κ2) is 10.3. The molecule has 2 saturated heterocycles. The SMILES string of the molecule is COC(OC)c1ccccc1C(=O)C1CC2CCCC(C1)N2C(=O)OCc1ccccc1. The van der Waals surface area contributed by atoms with Crippen LogP contribution >= 0.6 is 0 Å². The molecule has 1 amide bonds.